The highest BCUT2D eigenvalue weighted by atomic mass is 19.1. The second-order valence-corrected chi connectivity index (χ2v) is 5.41. The highest BCUT2D eigenvalue weighted by Crippen LogP contribution is 2.34. The number of benzene rings is 2. The first kappa shape index (κ1) is 14.4. The normalized spacial score (nSPS) is 22.4. The molecule has 0 aliphatic carbocycles. The number of fused-ring (bicyclic) bond motifs is 1. The van der Waals surface area contributed by atoms with Crippen LogP contribution in [0, 0.1) is 11.6 Å². The molecule has 0 unspecified atom stereocenters. The summed E-state index contributed by atoms with van der Waals surface area (Å²) in [6.45, 7) is 0. The van der Waals surface area contributed by atoms with Crippen LogP contribution >= 0.6 is 0 Å². The van der Waals surface area contributed by atoms with Crippen LogP contribution in [0.25, 0.3) is 0 Å². The quantitative estimate of drug-likeness (QED) is 0.796. The first-order chi connectivity index (χ1) is 11.6. The lowest BCUT2D eigenvalue weighted by Crippen LogP contribution is -2.39. The van der Waals surface area contributed by atoms with Crippen LogP contribution in [0.4, 0.5) is 20.2 Å². The van der Waals surface area contributed by atoms with Crippen molar-refractivity contribution in [1.29, 1.82) is 0 Å². The number of carbonyl (C=O) groups is 2. The highest BCUT2D eigenvalue weighted by Gasteiger charge is 2.55. The first-order valence-electron chi connectivity index (χ1n) is 7.15. The molecule has 2 aromatic carbocycles. The fourth-order valence-corrected chi connectivity index (χ4v) is 2.84. The molecule has 0 radical (unpaired) electrons. The molecule has 0 bridgehead atoms. The number of imide groups is 1. The molecular weight excluding hydrogens is 318 g/mol. The highest BCUT2D eigenvalue weighted by molar-refractivity contribution is 6.26. The zero-order valence-electron chi connectivity index (χ0n) is 12.1. The number of hydrogen-bond acceptors (Lipinski definition) is 5. The van der Waals surface area contributed by atoms with Crippen molar-refractivity contribution in [3.63, 3.8) is 0 Å². The third-order valence-electron chi connectivity index (χ3n) is 3.94. The summed E-state index contributed by atoms with van der Waals surface area (Å²) >= 11 is 0. The standard InChI is InChI=1S/C16H10F2N4O2/c17-9-4-6-11(7-5-9)22-14-13(19-20-22)15(23)21(16(14)24)12-3-1-2-10(18)8-12/h1-8,13-14H/t13-,14+/m1/s1. The third-order valence-corrected chi connectivity index (χ3v) is 3.94. The van der Waals surface area contributed by atoms with Gasteiger partial charge in [0, 0.05) is 0 Å². The van der Waals surface area contributed by atoms with Gasteiger partial charge in [0.25, 0.3) is 11.8 Å². The van der Waals surface area contributed by atoms with Crippen molar-refractivity contribution >= 4 is 23.2 Å². The van der Waals surface area contributed by atoms with E-state index in [-0.39, 0.29) is 5.69 Å². The summed E-state index contributed by atoms with van der Waals surface area (Å²) in [7, 11) is 0. The van der Waals surface area contributed by atoms with Gasteiger partial charge in [0.1, 0.15) is 11.6 Å². The predicted octanol–water partition coefficient (Wildman–Crippen LogP) is 2.46. The summed E-state index contributed by atoms with van der Waals surface area (Å²) < 4.78 is 26.5. The van der Waals surface area contributed by atoms with E-state index in [4.69, 9.17) is 0 Å². The van der Waals surface area contributed by atoms with Gasteiger partial charge in [-0.15, -0.1) is 0 Å². The van der Waals surface area contributed by atoms with Gasteiger partial charge in [0.2, 0.25) is 0 Å². The summed E-state index contributed by atoms with van der Waals surface area (Å²) in [5.74, 6) is -2.10. The largest absolute Gasteiger partial charge is 0.271 e. The van der Waals surface area contributed by atoms with Gasteiger partial charge in [0.15, 0.2) is 12.1 Å². The molecule has 8 heteroatoms. The fraction of sp³-hybridized carbons (Fsp3) is 0.125. The molecule has 6 nitrogen and oxygen atoms in total. The lowest BCUT2D eigenvalue weighted by Gasteiger charge is -2.20. The molecule has 0 N–H and O–H groups in total. The van der Waals surface area contributed by atoms with E-state index in [0.717, 1.165) is 11.0 Å². The van der Waals surface area contributed by atoms with Crippen LogP contribution in [0.2, 0.25) is 0 Å². The van der Waals surface area contributed by atoms with Crippen LogP contribution in [0.1, 0.15) is 0 Å². The van der Waals surface area contributed by atoms with Crippen LogP contribution in [0.15, 0.2) is 58.9 Å². The summed E-state index contributed by atoms with van der Waals surface area (Å²) in [5.41, 5.74) is 0.587. The smallest absolute Gasteiger partial charge is 0.263 e. The second-order valence-electron chi connectivity index (χ2n) is 5.41. The molecule has 0 spiro atoms. The SMILES string of the molecule is O=C1[C@@H]2[C@@H](N=NN2c2ccc(F)cc2)C(=O)N1c1cccc(F)c1. The number of nitrogens with zero attached hydrogens (tertiary/aromatic N) is 4. The Labute approximate surface area is 135 Å². The monoisotopic (exact) mass is 328 g/mol. The van der Waals surface area contributed by atoms with Crippen molar-refractivity contribution < 1.29 is 18.4 Å². The molecule has 24 heavy (non-hydrogen) atoms. The van der Waals surface area contributed by atoms with E-state index in [1.807, 2.05) is 0 Å². The maximum Gasteiger partial charge on any atom is 0.263 e. The Hall–Kier alpha value is -3.16. The molecular formula is C16H10F2N4O2. The topological polar surface area (TPSA) is 65.3 Å². The number of carbonyl (C=O) groups excluding carboxylic acids is 2. The van der Waals surface area contributed by atoms with Crippen LogP contribution in [0.3, 0.4) is 0 Å². The van der Waals surface area contributed by atoms with Crippen molar-refractivity contribution in [2.75, 3.05) is 9.91 Å². The van der Waals surface area contributed by atoms with Crippen LogP contribution in [-0.4, -0.2) is 23.9 Å². The van der Waals surface area contributed by atoms with E-state index in [0.29, 0.717) is 5.69 Å². The molecule has 2 aliphatic rings. The summed E-state index contributed by atoms with van der Waals surface area (Å²) in [6.07, 6.45) is 0. The van der Waals surface area contributed by atoms with Crippen LogP contribution in [0.5, 0.6) is 0 Å². The molecule has 2 amide bonds. The molecule has 1 saturated heterocycles. The Kier molecular flexibility index (Phi) is 3.12. The van der Waals surface area contributed by atoms with Crippen molar-refractivity contribution in [2.24, 2.45) is 10.3 Å². The van der Waals surface area contributed by atoms with Gasteiger partial charge in [-0.05, 0) is 42.5 Å². The van der Waals surface area contributed by atoms with Gasteiger partial charge >= 0.3 is 0 Å². The van der Waals surface area contributed by atoms with E-state index in [1.165, 1.54) is 47.5 Å². The third kappa shape index (κ3) is 2.07. The van der Waals surface area contributed by atoms with Gasteiger partial charge in [0.05, 0.1) is 11.4 Å². The molecule has 0 saturated carbocycles. The molecule has 2 aliphatic heterocycles. The molecule has 4 rings (SSSR count). The molecule has 2 atom stereocenters. The minimum absolute atomic E-state index is 0.147. The lowest BCUT2D eigenvalue weighted by atomic mass is 10.1. The van der Waals surface area contributed by atoms with Crippen molar-refractivity contribution in [1.82, 2.24) is 0 Å². The zero-order valence-corrected chi connectivity index (χ0v) is 12.1. The van der Waals surface area contributed by atoms with Crippen molar-refractivity contribution in [3.8, 4) is 0 Å². The Morgan fingerprint density at radius 2 is 1.62 bits per heavy atom. The summed E-state index contributed by atoms with van der Waals surface area (Å²) in [4.78, 5) is 26.1. The molecule has 2 heterocycles. The molecule has 120 valence electrons. The molecule has 0 aromatic heterocycles. The first-order valence-corrected chi connectivity index (χ1v) is 7.15. The Bertz CT molecular complexity index is 869. The Morgan fingerprint density at radius 1 is 0.875 bits per heavy atom. The summed E-state index contributed by atoms with van der Waals surface area (Å²) in [6, 6.07) is 8.61. The molecule has 2 aromatic rings. The van der Waals surface area contributed by atoms with E-state index >= 15 is 0 Å². The fourth-order valence-electron chi connectivity index (χ4n) is 2.84. The van der Waals surface area contributed by atoms with Crippen molar-refractivity contribution in [2.45, 2.75) is 12.1 Å². The van der Waals surface area contributed by atoms with Crippen molar-refractivity contribution in [3.05, 3.63) is 60.2 Å². The van der Waals surface area contributed by atoms with Crippen LogP contribution in [-0.2, 0) is 9.59 Å². The Morgan fingerprint density at radius 3 is 2.33 bits per heavy atom. The average molecular weight is 328 g/mol. The van der Waals surface area contributed by atoms with E-state index in [9.17, 15) is 18.4 Å². The minimum Gasteiger partial charge on any atom is -0.271 e. The average Bonchev–Trinajstić information content (AvgIpc) is 3.09. The van der Waals surface area contributed by atoms with Gasteiger partial charge < -0.3 is 0 Å². The maximum atomic E-state index is 13.4. The number of amides is 2. The number of rotatable bonds is 2. The molecule has 1 fully saturated rings. The van der Waals surface area contributed by atoms with Gasteiger partial charge in [-0.25, -0.2) is 18.7 Å². The lowest BCUT2D eigenvalue weighted by molar-refractivity contribution is -0.121. The van der Waals surface area contributed by atoms with E-state index in [1.54, 1.807) is 0 Å². The van der Waals surface area contributed by atoms with Gasteiger partial charge in [-0.1, -0.05) is 11.3 Å². The zero-order chi connectivity index (χ0) is 16.8. The summed E-state index contributed by atoms with van der Waals surface area (Å²) in [5, 5.41) is 9.00. The second kappa shape index (κ2) is 5.19. The Balaban J connectivity index is 1.70. The number of anilines is 2. The van der Waals surface area contributed by atoms with Gasteiger partial charge in [-0.2, -0.15) is 5.11 Å². The van der Waals surface area contributed by atoms with Gasteiger partial charge in [-0.3, -0.25) is 9.59 Å². The van der Waals surface area contributed by atoms with Crippen LogP contribution < -0.4 is 9.91 Å². The number of hydrogen-bond donors (Lipinski definition) is 0. The number of halogens is 2. The predicted molar refractivity (Wildman–Crippen MR) is 80.2 cm³/mol. The minimum atomic E-state index is -0.995. The van der Waals surface area contributed by atoms with E-state index < -0.39 is 35.5 Å². The maximum absolute atomic E-state index is 13.4. The van der Waals surface area contributed by atoms with E-state index in [2.05, 4.69) is 10.3 Å².